The molecule has 2 amide bonds. The molecule has 0 aliphatic carbocycles. The molecule has 1 aliphatic rings. The van der Waals surface area contributed by atoms with E-state index in [2.05, 4.69) is 47.4 Å². The molecule has 3 rings (SSSR count). The van der Waals surface area contributed by atoms with E-state index in [1.54, 1.807) is 11.8 Å². The van der Waals surface area contributed by atoms with Crippen LogP contribution in [0.4, 0.5) is 5.13 Å². The van der Waals surface area contributed by atoms with Gasteiger partial charge in [0, 0.05) is 70.6 Å². The topological polar surface area (TPSA) is 69.6 Å². The van der Waals surface area contributed by atoms with E-state index in [4.69, 9.17) is 4.98 Å². The predicted molar refractivity (Wildman–Crippen MR) is 124 cm³/mol. The Balaban J connectivity index is 1.56. The van der Waals surface area contributed by atoms with Gasteiger partial charge in [0.05, 0.1) is 0 Å². The Bertz CT molecular complexity index is 859. The van der Waals surface area contributed by atoms with Gasteiger partial charge in [-0.1, -0.05) is 43.2 Å². The summed E-state index contributed by atoms with van der Waals surface area (Å²) in [5.74, 6) is 1.06. The van der Waals surface area contributed by atoms with E-state index in [9.17, 15) is 9.59 Å². The lowest BCUT2D eigenvalue weighted by Crippen LogP contribution is -2.50. The Hall–Kier alpha value is -2.48. The summed E-state index contributed by atoms with van der Waals surface area (Å²) in [5.41, 5.74) is 2.45. The highest BCUT2D eigenvalue weighted by Crippen LogP contribution is 2.20. The molecule has 1 saturated heterocycles. The van der Waals surface area contributed by atoms with Crippen molar-refractivity contribution in [3.05, 3.63) is 41.2 Å². The van der Waals surface area contributed by atoms with E-state index in [-0.39, 0.29) is 11.8 Å². The van der Waals surface area contributed by atoms with E-state index in [1.165, 1.54) is 22.7 Å². The molecule has 0 unspecified atom stereocenters. The summed E-state index contributed by atoms with van der Waals surface area (Å²) in [6.45, 7) is 9.84. The van der Waals surface area contributed by atoms with Crippen LogP contribution in [0.2, 0.25) is 0 Å². The van der Waals surface area contributed by atoms with Crippen LogP contribution in [0.25, 0.3) is 0 Å². The number of hydrogen-bond donors (Lipinski definition) is 0. The number of nitrogens with zero attached hydrogens (tertiary/aromatic N) is 5. The fourth-order valence-electron chi connectivity index (χ4n) is 3.65. The number of unbranched alkanes of at least 4 members (excludes halogenated alkanes) is 1. The fourth-order valence-corrected chi connectivity index (χ4v) is 4.38. The van der Waals surface area contributed by atoms with E-state index >= 15 is 0 Å². The number of piperazine rings is 1. The third kappa shape index (κ3) is 6.75. The molecule has 7 nitrogen and oxygen atoms in total. The minimum Gasteiger partial charge on any atom is -0.346 e. The minimum absolute atomic E-state index is 0.0792. The minimum atomic E-state index is 0.0792. The first-order valence-electron chi connectivity index (χ1n) is 11.1. The van der Waals surface area contributed by atoms with Crippen molar-refractivity contribution in [2.45, 2.75) is 46.5 Å². The van der Waals surface area contributed by atoms with Crippen molar-refractivity contribution in [1.29, 1.82) is 0 Å². The Kier molecular flexibility index (Phi) is 8.40. The predicted octanol–water partition coefficient (Wildman–Crippen LogP) is 3.12. The van der Waals surface area contributed by atoms with Crippen molar-refractivity contribution in [2.24, 2.45) is 0 Å². The smallest absolute Gasteiger partial charge is 0.224 e. The van der Waals surface area contributed by atoms with Gasteiger partial charge in [0.15, 0.2) is 0 Å². The zero-order chi connectivity index (χ0) is 22.2. The quantitative estimate of drug-likeness (QED) is 0.596. The van der Waals surface area contributed by atoms with E-state index in [1.807, 2.05) is 4.90 Å². The SMILES string of the molecule is CCCCN(CCC(=O)N1CCN(C(C)=O)CC1)c1nc(Cc2ccc(C)cc2)ns1. The van der Waals surface area contributed by atoms with Crippen LogP contribution in [-0.2, 0) is 16.0 Å². The molecule has 2 heterocycles. The van der Waals surface area contributed by atoms with Gasteiger partial charge in [-0.15, -0.1) is 0 Å². The van der Waals surface area contributed by atoms with Gasteiger partial charge in [0.1, 0.15) is 5.82 Å². The van der Waals surface area contributed by atoms with Crippen LogP contribution in [0.3, 0.4) is 0 Å². The van der Waals surface area contributed by atoms with Crippen molar-refractivity contribution in [2.75, 3.05) is 44.2 Å². The number of hydrogen-bond acceptors (Lipinski definition) is 6. The van der Waals surface area contributed by atoms with Gasteiger partial charge in [-0.05, 0) is 18.9 Å². The second kappa shape index (κ2) is 11.2. The van der Waals surface area contributed by atoms with Gasteiger partial charge in [-0.25, -0.2) is 4.98 Å². The Morgan fingerprint density at radius 3 is 2.39 bits per heavy atom. The summed E-state index contributed by atoms with van der Waals surface area (Å²) < 4.78 is 4.56. The van der Waals surface area contributed by atoms with Crippen LogP contribution in [0.1, 0.15) is 50.1 Å². The van der Waals surface area contributed by atoms with Crippen LogP contribution in [0.15, 0.2) is 24.3 Å². The number of anilines is 1. The van der Waals surface area contributed by atoms with Crippen molar-refractivity contribution in [3.8, 4) is 0 Å². The maximum atomic E-state index is 12.7. The van der Waals surface area contributed by atoms with Crippen LogP contribution in [-0.4, -0.2) is 70.2 Å². The maximum absolute atomic E-state index is 12.7. The molecule has 0 radical (unpaired) electrons. The van der Waals surface area contributed by atoms with E-state index in [0.29, 0.717) is 39.1 Å². The molecule has 2 aromatic rings. The Morgan fingerprint density at radius 1 is 1.06 bits per heavy atom. The monoisotopic (exact) mass is 443 g/mol. The molecule has 31 heavy (non-hydrogen) atoms. The Labute approximate surface area is 189 Å². The molecule has 0 saturated carbocycles. The third-order valence-corrected chi connectivity index (χ3v) is 6.48. The third-order valence-electron chi connectivity index (χ3n) is 5.67. The second-order valence-electron chi connectivity index (χ2n) is 8.13. The second-order valence-corrected chi connectivity index (χ2v) is 8.86. The van der Waals surface area contributed by atoms with Gasteiger partial charge in [-0.3, -0.25) is 9.59 Å². The van der Waals surface area contributed by atoms with Crippen molar-refractivity contribution >= 4 is 28.5 Å². The molecule has 0 bridgehead atoms. The molecule has 0 spiro atoms. The molecular formula is C23H33N5O2S. The lowest BCUT2D eigenvalue weighted by molar-refractivity contribution is -0.138. The number of rotatable bonds is 9. The molecule has 0 atom stereocenters. The number of carbonyl (C=O) groups is 2. The first-order chi connectivity index (χ1) is 15.0. The van der Waals surface area contributed by atoms with Crippen LogP contribution >= 0.6 is 11.5 Å². The fraction of sp³-hybridized carbons (Fsp3) is 0.565. The first kappa shape index (κ1) is 23.2. The van der Waals surface area contributed by atoms with Crippen molar-refractivity contribution in [1.82, 2.24) is 19.2 Å². The average Bonchev–Trinajstić information content (AvgIpc) is 3.23. The summed E-state index contributed by atoms with van der Waals surface area (Å²) in [6, 6.07) is 8.46. The number of benzene rings is 1. The number of amides is 2. The lowest BCUT2D eigenvalue weighted by Gasteiger charge is -2.34. The molecular weight excluding hydrogens is 410 g/mol. The van der Waals surface area contributed by atoms with Crippen LogP contribution < -0.4 is 4.90 Å². The molecule has 1 aromatic heterocycles. The summed E-state index contributed by atoms with van der Waals surface area (Å²) in [7, 11) is 0. The largest absolute Gasteiger partial charge is 0.346 e. The number of aromatic nitrogens is 2. The highest BCUT2D eigenvalue weighted by atomic mass is 32.1. The zero-order valence-electron chi connectivity index (χ0n) is 18.8. The van der Waals surface area contributed by atoms with Gasteiger partial charge < -0.3 is 14.7 Å². The number of aryl methyl sites for hydroxylation is 1. The summed E-state index contributed by atoms with van der Waals surface area (Å²) >= 11 is 1.42. The number of carbonyl (C=O) groups excluding carboxylic acids is 2. The van der Waals surface area contributed by atoms with E-state index in [0.717, 1.165) is 36.8 Å². The van der Waals surface area contributed by atoms with Crippen molar-refractivity contribution in [3.63, 3.8) is 0 Å². The van der Waals surface area contributed by atoms with Gasteiger partial charge in [0.25, 0.3) is 0 Å². The molecule has 0 N–H and O–H groups in total. The standard InChI is InChI=1S/C23H33N5O2S/c1-4-5-11-28(12-10-22(30)27-15-13-26(14-16-27)19(3)29)23-24-21(25-31-23)17-20-8-6-18(2)7-9-20/h6-9H,4-5,10-17H2,1-3H3. The highest BCUT2D eigenvalue weighted by molar-refractivity contribution is 7.09. The lowest BCUT2D eigenvalue weighted by atomic mass is 10.1. The molecule has 8 heteroatoms. The van der Waals surface area contributed by atoms with Gasteiger partial charge >= 0.3 is 0 Å². The zero-order valence-corrected chi connectivity index (χ0v) is 19.7. The summed E-state index contributed by atoms with van der Waals surface area (Å²) in [5, 5.41) is 0.893. The van der Waals surface area contributed by atoms with Crippen molar-refractivity contribution < 1.29 is 9.59 Å². The average molecular weight is 444 g/mol. The summed E-state index contributed by atoms with van der Waals surface area (Å²) in [4.78, 5) is 34.8. The van der Waals surface area contributed by atoms with Crippen LogP contribution in [0, 0.1) is 6.92 Å². The molecule has 1 aliphatic heterocycles. The first-order valence-corrected chi connectivity index (χ1v) is 11.9. The van der Waals surface area contributed by atoms with E-state index < -0.39 is 0 Å². The summed E-state index contributed by atoms with van der Waals surface area (Å²) in [6.07, 6.45) is 3.32. The Morgan fingerprint density at radius 2 is 1.74 bits per heavy atom. The van der Waals surface area contributed by atoms with Gasteiger partial charge in [-0.2, -0.15) is 4.37 Å². The van der Waals surface area contributed by atoms with Gasteiger partial charge in [0.2, 0.25) is 16.9 Å². The molecule has 1 fully saturated rings. The maximum Gasteiger partial charge on any atom is 0.224 e. The molecule has 1 aromatic carbocycles. The molecule has 168 valence electrons. The van der Waals surface area contributed by atoms with Crippen LogP contribution in [0.5, 0.6) is 0 Å². The highest BCUT2D eigenvalue weighted by Gasteiger charge is 2.23. The normalized spacial score (nSPS) is 14.0.